The number of likely N-dealkylation sites (tertiary alicyclic amines) is 2. The molecule has 1 aliphatic carbocycles. The first kappa shape index (κ1) is 30.7. The number of piperidine rings is 2. The number of methoxy groups -OCH3 is 2. The van der Waals surface area contributed by atoms with Crippen molar-refractivity contribution in [3.63, 3.8) is 0 Å². The molecule has 10 nitrogen and oxygen atoms in total. The maximum Gasteiger partial charge on any atom is 0.255 e. The number of halogens is 1. The monoisotopic (exact) mass is 630 g/mol. The minimum Gasteiger partial charge on any atom is -0.494 e. The summed E-state index contributed by atoms with van der Waals surface area (Å²) < 4.78 is 30.2. The Morgan fingerprint density at radius 2 is 1.78 bits per heavy atom. The van der Waals surface area contributed by atoms with Crippen LogP contribution in [0, 0.1) is 18.7 Å². The van der Waals surface area contributed by atoms with Gasteiger partial charge in [0.2, 0.25) is 5.91 Å². The molecule has 0 bridgehead atoms. The fraction of sp³-hybridized carbons (Fsp3) is 0.514. The van der Waals surface area contributed by atoms with Crippen molar-refractivity contribution in [3.8, 4) is 17.1 Å². The molecule has 3 aromatic heterocycles. The summed E-state index contributed by atoms with van der Waals surface area (Å²) in [6.45, 7) is 5.39. The second-order valence-electron chi connectivity index (χ2n) is 13.3. The second kappa shape index (κ2) is 12.3. The summed E-state index contributed by atoms with van der Waals surface area (Å²) >= 11 is 0. The summed E-state index contributed by atoms with van der Waals surface area (Å²) in [7, 11) is 3.14. The van der Waals surface area contributed by atoms with E-state index in [4.69, 9.17) is 20.3 Å². The summed E-state index contributed by atoms with van der Waals surface area (Å²) in [6, 6.07) is 7.15. The maximum atomic E-state index is 15.2. The Bertz CT molecular complexity index is 1800. The Morgan fingerprint density at radius 1 is 1.00 bits per heavy atom. The number of nitrogens with zero attached hydrogens (tertiary/aromatic N) is 5. The van der Waals surface area contributed by atoms with Crippen molar-refractivity contribution in [1.82, 2.24) is 24.0 Å². The molecule has 2 amide bonds. The van der Waals surface area contributed by atoms with E-state index in [2.05, 4.69) is 10.6 Å². The largest absolute Gasteiger partial charge is 0.494 e. The number of carbonyl (C=O) groups excluding carboxylic acids is 2. The lowest BCUT2D eigenvalue weighted by atomic mass is 9.88. The minimum absolute atomic E-state index is 0.00755. The summed E-state index contributed by atoms with van der Waals surface area (Å²) in [5, 5.41) is 5.91. The molecule has 7 rings (SSSR count). The normalized spacial score (nSPS) is 19.4. The number of hydrogen-bond donors (Lipinski definition) is 1. The van der Waals surface area contributed by atoms with Crippen LogP contribution in [-0.2, 0) is 16.1 Å². The van der Waals surface area contributed by atoms with Gasteiger partial charge in [-0.3, -0.25) is 9.59 Å². The van der Waals surface area contributed by atoms with E-state index in [1.165, 1.54) is 20.0 Å². The molecule has 1 saturated carbocycles. The predicted molar refractivity (Wildman–Crippen MR) is 174 cm³/mol. The van der Waals surface area contributed by atoms with Gasteiger partial charge in [-0.25, -0.2) is 8.91 Å². The Kier molecular flexibility index (Phi) is 8.23. The van der Waals surface area contributed by atoms with Crippen LogP contribution >= 0.6 is 0 Å². The lowest BCUT2D eigenvalue weighted by molar-refractivity contribution is -0.136. The Labute approximate surface area is 268 Å². The Balaban J connectivity index is 1.31. The first-order chi connectivity index (χ1) is 22.2. The van der Waals surface area contributed by atoms with E-state index in [0.29, 0.717) is 43.4 Å². The average Bonchev–Trinajstić information content (AvgIpc) is 3.73. The van der Waals surface area contributed by atoms with Crippen LogP contribution in [0.5, 0.6) is 5.75 Å². The van der Waals surface area contributed by atoms with E-state index in [1.54, 1.807) is 36.0 Å². The van der Waals surface area contributed by atoms with E-state index >= 15 is 4.39 Å². The quantitative estimate of drug-likeness (QED) is 0.302. The molecule has 0 spiro atoms. The lowest BCUT2D eigenvalue weighted by Gasteiger charge is -2.32. The van der Waals surface area contributed by atoms with Gasteiger partial charge in [0.25, 0.3) is 5.91 Å². The molecule has 2 aliphatic heterocycles. The van der Waals surface area contributed by atoms with Gasteiger partial charge in [-0.15, -0.1) is 0 Å². The van der Waals surface area contributed by atoms with Gasteiger partial charge in [-0.1, -0.05) is 0 Å². The van der Waals surface area contributed by atoms with Crippen LogP contribution in [0.2, 0.25) is 0 Å². The number of aromatic nitrogens is 3. The maximum absolute atomic E-state index is 15.2. The molecule has 1 aromatic carbocycles. The minimum atomic E-state index is -0.260. The molecule has 244 valence electrons. The average molecular weight is 631 g/mol. The molecule has 1 atom stereocenters. The third kappa shape index (κ3) is 5.64. The molecule has 3 fully saturated rings. The van der Waals surface area contributed by atoms with Gasteiger partial charge in [0, 0.05) is 63.0 Å². The number of pyridine rings is 1. The fourth-order valence-corrected chi connectivity index (χ4v) is 7.50. The van der Waals surface area contributed by atoms with E-state index in [1.807, 2.05) is 16.7 Å². The lowest BCUT2D eigenvalue weighted by Crippen LogP contribution is -2.45. The molecular formula is C35H43FN6O4. The smallest absolute Gasteiger partial charge is 0.255 e. The number of benzene rings is 1. The fourth-order valence-electron chi connectivity index (χ4n) is 7.50. The molecule has 3 aliphatic rings. The van der Waals surface area contributed by atoms with Gasteiger partial charge in [-0.2, -0.15) is 5.10 Å². The first-order valence-electron chi connectivity index (χ1n) is 16.5. The molecule has 2 N–H and O–H groups in total. The number of rotatable bonds is 8. The van der Waals surface area contributed by atoms with E-state index in [-0.39, 0.29) is 36.2 Å². The summed E-state index contributed by atoms with van der Waals surface area (Å²) in [6.07, 6.45) is 7.45. The van der Waals surface area contributed by atoms with E-state index in [0.717, 1.165) is 71.2 Å². The van der Waals surface area contributed by atoms with E-state index < -0.39 is 0 Å². The van der Waals surface area contributed by atoms with Gasteiger partial charge in [0.1, 0.15) is 29.4 Å². The third-order valence-electron chi connectivity index (χ3n) is 10.1. The molecule has 11 heteroatoms. The highest BCUT2D eigenvalue weighted by molar-refractivity contribution is 5.96. The van der Waals surface area contributed by atoms with Gasteiger partial charge >= 0.3 is 0 Å². The van der Waals surface area contributed by atoms with Crippen LogP contribution in [0.15, 0.2) is 30.5 Å². The number of ether oxygens (including phenoxy) is 2. The molecular weight excluding hydrogens is 587 g/mol. The van der Waals surface area contributed by atoms with Crippen molar-refractivity contribution in [2.45, 2.75) is 64.0 Å². The molecule has 0 unspecified atom stereocenters. The van der Waals surface area contributed by atoms with Crippen molar-refractivity contribution < 1.29 is 23.5 Å². The number of carbonyl (C=O) groups is 2. The molecule has 4 aromatic rings. The third-order valence-corrected chi connectivity index (χ3v) is 10.1. The highest BCUT2D eigenvalue weighted by atomic mass is 19.1. The van der Waals surface area contributed by atoms with Crippen LogP contribution in [0.25, 0.3) is 27.8 Å². The highest BCUT2D eigenvalue weighted by Crippen LogP contribution is 2.42. The van der Waals surface area contributed by atoms with Crippen LogP contribution in [0.1, 0.15) is 65.9 Å². The summed E-state index contributed by atoms with van der Waals surface area (Å²) in [5.41, 5.74) is 12.2. The van der Waals surface area contributed by atoms with Crippen molar-refractivity contribution in [2.75, 3.05) is 47.0 Å². The Hall–Kier alpha value is -3.96. The number of hydrogen-bond acceptors (Lipinski definition) is 6. The van der Waals surface area contributed by atoms with Crippen LogP contribution in [0.4, 0.5) is 4.39 Å². The molecule has 5 heterocycles. The van der Waals surface area contributed by atoms with Gasteiger partial charge in [0.15, 0.2) is 0 Å². The van der Waals surface area contributed by atoms with Crippen molar-refractivity contribution >= 4 is 28.2 Å². The van der Waals surface area contributed by atoms with Crippen molar-refractivity contribution in [3.05, 3.63) is 53.0 Å². The zero-order valence-electron chi connectivity index (χ0n) is 26.9. The van der Waals surface area contributed by atoms with Gasteiger partial charge in [0.05, 0.1) is 23.9 Å². The molecule has 0 radical (unpaired) electrons. The summed E-state index contributed by atoms with van der Waals surface area (Å²) in [5.74, 6) is 0.922. The zero-order valence-corrected chi connectivity index (χ0v) is 26.9. The van der Waals surface area contributed by atoms with Crippen LogP contribution in [0.3, 0.4) is 0 Å². The van der Waals surface area contributed by atoms with Crippen LogP contribution < -0.4 is 10.5 Å². The number of amides is 2. The standard InChI is InChI=1S/C35H43FN6O4/c1-21-32(38-42-18-25(15-30(46-3)33(21)42)35(44)40-10-4-5-27(37)19-40)29-14-24-13-26(36)16-28(34(24)41(29)17-22-6-7-22)23-8-11-39(12-9-23)31(43)20-45-2/h13-16,18,22-23,27H,4-12,17,19-20,37H2,1-3H3/t27-/m1/s1. The van der Waals surface area contributed by atoms with Crippen molar-refractivity contribution in [1.29, 1.82) is 0 Å². The zero-order chi connectivity index (χ0) is 32.1. The van der Waals surface area contributed by atoms with Crippen LogP contribution in [-0.4, -0.2) is 88.8 Å². The second-order valence-corrected chi connectivity index (χ2v) is 13.3. The summed E-state index contributed by atoms with van der Waals surface area (Å²) in [4.78, 5) is 29.6. The highest BCUT2D eigenvalue weighted by Gasteiger charge is 2.31. The van der Waals surface area contributed by atoms with Gasteiger partial charge < -0.3 is 29.6 Å². The van der Waals surface area contributed by atoms with E-state index in [9.17, 15) is 9.59 Å². The number of fused-ring (bicyclic) bond motifs is 2. The van der Waals surface area contributed by atoms with Gasteiger partial charge in [-0.05, 0) is 87.1 Å². The molecule has 46 heavy (non-hydrogen) atoms. The Morgan fingerprint density at radius 3 is 2.48 bits per heavy atom. The number of aryl methyl sites for hydroxylation is 1. The number of nitrogens with two attached hydrogens (primary N) is 1. The topological polar surface area (TPSA) is 107 Å². The first-order valence-corrected chi connectivity index (χ1v) is 16.5. The molecule has 2 saturated heterocycles. The van der Waals surface area contributed by atoms with Crippen molar-refractivity contribution in [2.24, 2.45) is 11.7 Å². The predicted octanol–water partition coefficient (Wildman–Crippen LogP) is 4.74. The SMILES string of the molecule is COCC(=O)N1CCC(c2cc(F)cc3cc(-c4nn5cc(C(=O)N6CCC[C@@H](N)C6)cc(OC)c5c4C)n(CC4CC4)c23)CC1.